The molecule has 0 aromatic rings. The number of halogens is 1. The Morgan fingerprint density at radius 2 is 2.14 bits per heavy atom. The van der Waals surface area contributed by atoms with Crippen molar-refractivity contribution < 1.29 is 9.90 Å². The summed E-state index contributed by atoms with van der Waals surface area (Å²) in [6, 6.07) is 0. The fourth-order valence-corrected chi connectivity index (χ4v) is 1.85. The van der Waals surface area contributed by atoms with E-state index in [2.05, 4.69) is 0 Å². The molecule has 1 aliphatic rings. The zero-order chi connectivity index (χ0) is 10.6. The molecule has 1 aliphatic heterocycles. The number of likely N-dealkylation sites (tertiary alicyclic amines) is 1. The molecule has 0 aliphatic carbocycles. The zero-order valence-electron chi connectivity index (χ0n) is 8.58. The lowest BCUT2D eigenvalue weighted by Gasteiger charge is -2.32. The summed E-state index contributed by atoms with van der Waals surface area (Å²) >= 11 is 5.88. The molecule has 0 aromatic heterocycles. The number of carbonyl (C=O) groups is 1. The van der Waals surface area contributed by atoms with E-state index in [-0.39, 0.29) is 17.9 Å². The Morgan fingerprint density at radius 3 is 2.57 bits per heavy atom. The van der Waals surface area contributed by atoms with Gasteiger partial charge in [0.15, 0.2) is 0 Å². The van der Waals surface area contributed by atoms with Gasteiger partial charge in [-0.3, -0.25) is 4.79 Å². The number of hydrogen-bond donors (Lipinski definition) is 1. The average Bonchev–Trinajstić information content (AvgIpc) is 2.27. The zero-order valence-corrected chi connectivity index (χ0v) is 9.33. The summed E-state index contributed by atoms with van der Waals surface area (Å²) in [4.78, 5) is 13.5. The maximum atomic E-state index is 11.7. The van der Waals surface area contributed by atoms with Crippen LogP contribution in [0.1, 0.15) is 26.2 Å². The molecule has 0 radical (unpaired) electrons. The molecule has 1 saturated heterocycles. The van der Waals surface area contributed by atoms with Gasteiger partial charge in [-0.15, -0.1) is 11.6 Å². The molecule has 1 heterocycles. The molecule has 0 spiro atoms. The number of amides is 1. The van der Waals surface area contributed by atoms with Crippen LogP contribution in [0.15, 0.2) is 0 Å². The van der Waals surface area contributed by atoms with Crippen molar-refractivity contribution in [1.82, 2.24) is 4.90 Å². The Kier molecular flexibility index (Phi) is 4.69. The maximum absolute atomic E-state index is 11.7. The molecule has 3 nitrogen and oxygen atoms in total. The van der Waals surface area contributed by atoms with Gasteiger partial charge < -0.3 is 10.0 Å². The van der Waals surface area contributed by atoms with Crippen molar-refractivity contribution in [3.8, 4) is 0 Å². The fourth-order valence-electron chi connectivity index (χ4n) is 1.71. The van der Waals surface area contributed by atoms with E-state index in [9.17, 15) is 4.79 Å². The van der Waals surface area contributed by atoms with E-state index >= 15 is 0 Å². The highest BCUT2D eigenvalue weighted by Crippen LogP contribution is 2.18. The van der Waals surface area contributed by atoms with Gasteiger partial charge in [0, 0.05) is 19.7 Å². The minimum Gasteiger partial charge on any atom is -0.396 e. The van der Waals surface area contributed by atoms with E-state index in [4.69, 9.17) is 16.7 Å². The van der Waals surface area contributed by atoms with Crippen LogP contribution in [0, 0.1) is 5.92 Å². The van der Waals surface area contributed by atoms with E-state index in [1.165, 1.54) is 0 Å². The van der Waals surface area contributed by atoms with Crippen molar-refractivity contribution in [2.75, 3.05) is 19.7 Å². The molecular weight excluding hydrogens is 202 g/mol. The van der Waals surface area contributed by atoms with Crippen molar-refractivity contribution in [3.63, 3.8) is 0 Å². The van der Waals surface area contributed by atoms with Crippen LogP contribution in [0.25, 0.3) is 0 Å². The van der Waals surface area contributed by atoms with Gasteiger partial charge in [-0.2, -0.15) is 0 Å². The first-order valence-electron chi connectivity index (χ1n) is 5.22. The lowest BCUT2D eigenvalue weighted by atomic mass is 9.97. The molecule has 14 heavy (non-hydrogen) atoms. The molecule has 0 bridgehead atoms. The molecule has 1 rings (SSSR count). The Labute approximate surface area is 90.0 Å². The van der Waals surface area contributed by atoms with Crippen molar-refractivity contribution >= 4 is 17.5 Å². The molecule has 1 amide bonds. The highest BCUT2D eigenvalue weighted by molar-refractivity contribution is 6.30. The first-order valence-corrected chi connectivity index (χ1v) is 5.66. The Morgan fingerprint density at radius 1 is 1.57 bits per heavy atom. The third-order valence-corrected chi connectivity index (χ3v) is 3.31. The summed E-state index contributed by atoms with van der Waals surface area (Å²) < 4.78 is 0. The topological polar surface area (TPSA) is 40.5 Å². The van der Waals surface area contributed by atoms with Crippen molar-refractivity contribution in [3.05, 3.63) is 0 Å². The minimum atomic E-state index is -0.374. The SMILES string of the molecule is CCC(Cl)C(=O)N1CCC(CO)CC1. The predicted molar refractivity (Wildman–Crippen MR) is 56.3 cm³/mol. The summed E-state index contributed by atoms with van der Waals surface area (Å²) in [5.74, 6) is 0.417. The number of alkyl halides is 1. The van der Waals surface area contributed by atoms with E-state index in [0.29, 0.717) is 12.3 Å². The third kappa shape index (κ3) is 2.85. The van der Waals surface area contributed by atoms with Crippen molar-refractivity contribution in [1.29, 1.82) is 0 Å². The lowest BCUT2D eigenvalue weighted by molar-refractivity contribution is -0.132. The Bertz CT molecular complexity index is 191. The van der Waals surface area contributed by atoms with E-state index < -0.39 is 0 Å². The Hall–Kier alpha value is -0.280. The maximum Gasteiger partial charge on any atom is 0.240 e. The van der Waals surface area contributed by atoms with Crippen LogP contribution in [-0.2, 0) is 4.79 Å². The smallest absolute Gasteiger partial charge is 0.240 e. The molecule has 82 valence electrons. The Balaban J connectivity index is 2.37. The number of rotatable bonds is 3. The summed E-state index contributed by atoms with van der Waals surface area (Å²) in [5, 5.41) is 8.57. The molecular formula is C10H18ClNO2. The second-order valence-electron chi connectivity index (χ2n) is 3.83. The first kappa shape index (κ1) is 11.8. The van der Waals surface area contributed by atoms with E-state index in [1.807, 2.05) is 11.8 Å². The third-order valence-electron chi connectivity index (χ3n) is 2.81. The highest BCUT2D eigenvalue weighted by atomic mass is 35.5. The summed E-state index contributed by atoms with van der Waals surface area (Å²) in [5.41, 5.74) is 0. The van der Waals surface area contributed by atoms with Gasteiger partial charge in [0.05, 0.1) is 0 Å². The molecule has 1 unspecified atom stereocenters. The van der Waals surface area contributed by atoms with Crippen molar-refractivity contribution in [2.24, 2.45) is 5.92 Å². The number of nitrogens with zero attached hydrogens (tertiary/aromatic N) is 1. The summed E-state index contributed by atoms with van der Waals surface area (Å²) in [6.07, 6.45) is 2.48. The standard InChI is InChI=1S/C10H18ClNO2/c1-2-9(11)10(14)12-5-3-8(7-13)4-6-12/h8-9,13H,2-7H2,1H3. The number of aliphatic hydroxyl groups is 1. The molecule has 1 fully saturated rings. The van der Waals surface area contributed by atoms with E-state index in [1.54, 1.807) is 0 Å². The normalized spacial score (nSPS) is 20.9. The number of piperidine rings is 1. The number of carbonyl (C=O) groups excluding carboxylic acids is 1. The van der Waals surface area contributed by atoms with Crippen LogP contribution in [0.2, 0.25) is 0 Å². The van der Waals surface area contributed by atoms with Crippen LogP contribution >= 0.6 is 11.6 Å². The monoisotopic (exact) mass is 219 g/mol. The van der Waals surface area contributed by atoms with Crippen LogP contribution in [0.5, 0.6) is 0 Å². The van der Waals surface area contributed by atoms with Crippen LogP contribution in [0.3, 0.4) is 0 Å². The van der Waals surface area contributed by atoms with Gasteiger partial charge in [-0.1, -0.05) is 6.92 Å². The largest absolute Gasteiger partial charge is 0.396 e. The highest BCUT2D eigenvalue weighted by Gasteiger charge is 2.25. The summed E-state index contributed by atoms with van der Waals surface area (Å²) in [7, 11) is 0. The van der Waals surface area contributed by atoms with Crippen molar-refractivity contribution in [2.45, 2.75) is 31.6 Å². The van der Waals surface area contributed by atoms with E-state index in [0.717, 1.165) is 25.9 Å². The van der Waals surface area contributed by atoms with Gasteiger partial charge in [-0.05, 0) is 25.2 Å². The molecule has 1 atom stereocenters. The van der Waals surface area contributed by atoms with Gasteiger partial charge in [0.2, 0.25) is 5.91 Å². The predicted octanol–water partition coefficient (Wildman–Crippen LogP) is 1.23. The van der Waals surface area contributed by atoms with Gasteiger partial charge in [0.1, 0.15) is 5.38 Å². The molecule has 4 heteroatoms. The first-order chi connectivity index (χ1) is 6.69. The average molecular weight is 220 g/mol. The van der Waals surface area contributed by atoms with Gasteiger partial charge in [-0.25, -0.2) is 0 Å². The molecule has 1 N–H and O–H groups in total. The molecule has 0 saturated carbocycles. The minimum absolute atomic E-state index is 0.0468. The molecule has 0 aromatic carbocycles. The van der Waals surface area contributed by atoms with Gasteiger partial charge >= 0.3 is 0 Å². The fraction of sp³-hybridized carbons (Fsp3) is 0.900. The second kappa shape index (κ2) is 5.56. The summed E-state index contributed by atoms with van der Waals surface area (Å²) in [6.45, 7) is 3.64. The number of aliphatic hydroxyl groups excluding tert-OH is 1. The lowest BCUT2D eigenvalue weighted by Crippen LogP contribution is -2.42. The van der Waals surface area contributed by atoms with Crippen LogP contribution in [-0.4, -0.2) is 41.0 Å². The second-order valence-corrected chi connectivity index (χ2v) is 4.35. The quantitative estimate of drug-likeness (QED) is 0.726. The van der Waals surface area contributed by atoms with Crippen LogP contribution < -0.4 is 0 Å². The van der Waals surface area contributed by atoms with Gasteiger partial charge in [0.25, 0.3) is 0 Å². The van der Waals surface area contributed by atoms with Crippen LogP contribution in [0.4, 0.5) is 0 Å². The number of hydrogen-bond acceptors (Lipinski definition) is 2.